The van der Waals surface area contributed by atoms with E-state index in [4.69, 9.17) is 9.72 Å². The molecule has 0 amide bonds. The number of pyridine rings is 1. The van der Waals surface area contributed by atoms with Gasteiger partial charge in [-0.3, -0.25) is 0 Å². The zero-order valence-electron chi connectivity index (χ0n) is 30.3. The van der Waals surface area contributed by atoms with Crippen molar-refractivity contribution in [3.05, 3.63) is 189 Å². The summed E-state index contributed by atoms with van der Waals surface area (Å²) in [5.41, 5.74) is 13.7. The van der Waals surface area contributed by atoms with Gasteiger partial charge in [0.2, 0.25) is 6.71 Å². The smallest absolute Gasteiger partial charge is 0.243 e. The predicted octanol–water partition coefficient (Wildman–Crippen LogP) is 9.44. The van der Waals surface area contributed by atoms with Crippen LogP contribution in [0.4, 0.5) is 17.1 Å². The van der Waals surface area contributed by atoms with Crippen LogP contribution in [0.25, 0.3) is 49.9 Å². The Morgan fingerprint density at radius 1 is 0.607 bits per heavy atom. The van der Waals surface area contributed by atoms with E-state index in [-0.39, 0.29) is 27.8 Å². The van der Waals surface area contributed by atoms with Crippen LogP contribution in [0.15, 0.2) is 170 Å². The number of hydrogen-bond donors (Lipinski definition) is 0. The van der Waals surface area contributed by atoms with Crippen molar-refractivity contribution in [2.24, 2.45) is 0 Å². The third-order valence-electron chi connectivity index (χ3n) is 11.0. The number of anilines is 3. The molecule has 0 unspecified atom stereocenters. The van der Waals surface area contributed by atoms with Crippen molar-refractivity contribution in [3.8, 4) is 39.6 Å². The molecular formula is C49H32BN4OPt-3. The second kappa shape index (κ2) is 13.7. The molecule has 11 rings (SSSR count). The van der Waals surface area contributed by atoms with Crippen LogP contribution < -0.4 is 30.9 Å². The van der Waals surface area contributed by atoms with Crippen molar-refractivity contribution in [2.45, 2.75) is 0 Å². The average molecular weight is 899 g/mol. The van der Waals surface area contributed by atoms with Crippen molar-refractivity contribution < 1.29 is 25.8 Å². The summed E-state index contributed by atoms with van der Waals surface area (Å²) in [6.07, 6.45) is 2.05. The molecule has 4 heterocycles. The van der Waals surface area contributed by atoms with Gasteiger partial charge in [0, 0.05) is 55.7 Å². The Labute approximate surface area is 340 Å². The summed E-state index contributed by atoms with van der Waals surface area (Å²) in [7, 11) is 2.06. The van der Waals surface area contributed by atoms with E-state index in [9.17, 15) is 0 Å². The van der Waals surface area contributed by atoms with E-state index in [1.54, 1.807) is 0 Å². The predicted molar refractivity (Wildman–Crippen MR) is 226 cm³/mol. The molecule has 270 valence electrons. The van der Waals surface area contributed by atoms with Gasteiger partial charge in [-0.15, -0.1) is 41.4 Å². The first-order chi connectivity index (χ1) is 27.2. The second-order valence-corrected chi connectivity index (χ2v) is 14.2. The van der Waals surface area contributed by atoms with Gasteiger partial charge in [-0.05, 0) is 59.0 Å². The van der Waals surface area contributed by atoms with Crippen LogP contribution in [0.1, 0.15) is 0 Å². The van der Waals surface area contributed by atoms with Crippen molar-refractivity contribution in [2.75, 3.05) is 16.8 Å². The van der Waals surface area contributed by atoms with Gasteiger partial charge in [-0.25, -0.2) is 4.98 Å². The molecule has 56 heavy (non-hydrogen) atoms. The van der Waals surface area contributed by atoms with Crippen molar-refractivity contribution in [1.82, 2.24) is 9.55 Å². The monoisotopic (exact) mass is 898 g/mol. The van der Waals surface area contributed by atoms with Crippen LogP contribution in [0.5, 0.6) is 11.5 Å². The number of rotatable bonds is 6. The maximum atomic E-state index is 6.57. The fraction of sp³-hybridized carbons (Fsp3) is 0.0204. The minimum Gasteiger partial charge on any atom is -0.509 e. The summed E-state index contributed by atoms with van der Waals surface area (Å²) in [6, 6.07) is 64.7. The average Bonchev–Trinajstić information content (AvgIpc) is 3.88. The molecular weight excluding hydrogens is 866 g/mol. The molecule has 0 N–H and O–H groups in total. The molecule has 0 aliphatic carbocycles. The number of hydrogen-bond acceptors (Lipinski definition) is 4. The zero-order valence-corrected chi connectivity index (χ0v) is 32.6. The Bertz CT molecular complexity index is 2930. The number of aromatic nitrogens is 2. The van der Waals surface area contributed by atoms with Gasteiger partial charge >= 0.3 is 0 Å². The number of benzene rings is 7. The van der Waals surface area contributed by atoms with Crippen molar-refractivity contribution in [1.29, 1.82) is 0 Å². The van der Waals surface area contributed by atoms with E-state index in [1.165, 1.54) is 33.1 Å². The van der Waals surface area contributed by atoms with Crippen LogP contribution >= 0.6 is 0 Å². The molecule has 7 aromatic carbocycles. The Morgan fingerprint density at radius 2 is 1.36 bits per heavy atom. The number of para-hydroxylation sites is 2. The van der Waals surface area contributed by atoms with E-state index < -0.39 is 0 Å². The third-order valence-corrected chi connectivity index (χ3v) is 11.0. The second-order valence-electron chi connectivity index (χ2n) is 14.2. The molecule has 9 aromatic rings. The molecule has 2 aliphatic rings. The summed E-state index contributed by atoms with van der Waals surface area (Å²) >= 11 is 0. The fourth-order valence-corrected chi connectivity index (χ4v) is 8.45. The number of ether oxygens (including phenoxy) is 1. The Hall–Kier alpha value is -6.36. The molecule has 2 aromatic heterocycles. The molecule has 0 spiro atoms. The Balaban J connectivity index is 0.00000384. The minimum absolute atomic E-state index is 0. The summed E-state index contributed by atoms with van der Waals surface area (Å²) < 4.78 is 8.81. The zero-order chi connectivity index (χ0) is 36.5. The van der Waals surface area contributed by atoms with Crippen LogP contribution in [-0.4, -0.2) is 23.3 Å². The van der Waals surface area contributed by atoms with Gasteiger partial charge in [-0.2, -0.15) is 18.8 Å². The van der Waals surface area contributed by atoms with Gasteiger partial charge in [0.15, 0.2) is 0 Å². The first kappa shape index (κ1) is 34.2. The van der Waals surface area contributed by atoms with Gasteiger partial charge in [-0.1, -0.05) is 131 Å². The quantitative estimate of drug-likeness (QED) is 0.123. The standard InChI is InChI=1S/C49H32BN4O.Pt/c1-52-32-53(47-22-11-10-21-46(47)52)36-17-12-18-37(28-36)55-38-24-25-40-41-27-34(33-13-4-2-5-14-33)23-26-45(41)54(48(40)29-38)49-30-44-42(31-51-49)39-19-8-9-20-43(39)50(44)35-15-6-3-7-16-35;/h2-27,30-32H,1H3;/q-3;. The SMILES string of the molecule is CN1[CH-]N(c2[c-]c(Oc3[c-]c4c(cc3)c3cc(-c5ccccc5)ccc3n4-c3cc4c(cn3)-c3ccccc3B4c3ccccc3)ccc2)c2ccccc21.[Pt]. The van der Waals surface area contributed by atoms with Gasteiger partial charge in [0.1, 0.15) is 5.82 Å². The molecule has 0 saturated carbocycles. The summed E-state index contributed by atoms with van der Waals surface area (Å²) in [4.78, 5) is 9.43. The van der Waals surface area contributed by atoms with E-state index in [1.807, 2.05) is 24.4 Å². The van der Waals surface area contributed by atoms with Crippen LogP contribution in [0.3, 0.4) is 0 Å². The fourth-order valence-electron chi connectivity index (χ4n) is 8.45. The van der Waals surface area contributed by atoms with Crippen LogP contribution in [-0.2, 0) is 21.1 Å². The number of nitrogens with zero attached hydrogens (tertiary/aromatic N) is 4. The maximum Gasteiger partial charge on any atom is 0.243 e. The molecule has 0 fully saturated rings. The van der Waals surface area contributed by atoms with Crippen LogP contribution in [0, 0.1) is 18.8 Å². The number of fused-ring (bicyclic) bond motifs is 7. The topological polar surface area (TPSA) is 33.5 Å². The normalized spacial score (nSPS) is 12.8. The molecule has 7 heteroatoms. The Kier molecular flexibility index (Phi) is 8.38. The summed E-state index contributed by atoms with van der Waals surface area (Å²) in [6.45, 7) is 2.18. The van der Waals surface area contributed by atoms with Crippen LogP contribution in [0.2, 0.25) is 0 Å². The largest absolute Gasteiger partial charge is 0.509 e. The minimum atomic E-state index is 0. The maximum absolute atomic E-state index is 6.57. The van der Waals surface area contributed by atoms with Gasteiger partial charge in [0.25, 0.3) is 0 Å². The molecule has 0 radical (unpaired) electrons. The molecule has 0 bridgehead atoms. The first-order valence-corrected chi connectivity index (χ1v) is 18.5. The molecule has 0 atom stereocenters. The Morgan fingerprint density at radius 3 is 2.21 bits per heavy atom. The summed E-state index contributed by atoms with van der Waals surface area (Å²) in [5.74, 6) is 2.06. The first-order valence-electron chi connectivity index (χ1n) is 18.5. The summed E-state index contributed by atoms with van der Waals surface area (Å²) in [5, 5.41) is 2.21. The van der Waals surface area contributed by atoms with Crippen molar-refractivity contribution >= 4 is 62.0 Å². The molecule has 5 nitrogen and oxygen atoms in total. The van der Waals surface area contributed by atoms with Gasteiger partial charge in [0.05, 0.1) is 0 Å². The van der Waals surface area contributed by atoms with Gasteiger partial charge < -0.3 is 19.1 Å². The molecule has 2 aliphatic heterocycles. The van der Waals surface area contributed by atoms with E-state index in [2.05, 4.69) is 186 Å². The van der Waals surface area contributed by atoms with E-state index >= 15 is 0 Å². The molecule has 0 saturated heterocycles. The third kappa shape index (κ3) is 5.55. The van der Waals surface area contributed by atoms with E-state index in [0.717, 1.165) is 50.2 Å². The van der Waals surface area contributed by atoms with Crippen molar-refractivity contribution in [3.63, 3.8) is 0 Å². The van der Waals surface area contributed by atoms with E-state index in [0.29, 0.717) is 11.5 Å².